The highest BCUT2D eigenvalue weighted by Crippen LogP contribution is 2.14. The van der Waals surface area contributed by atoms with Crippen LogP contribution in [-0.2, 0) is 5.91 Å². The first-order valence-corrected chi connectivity index (χ1v) is 5.78. The molecule has 0 unspecified atom stereocenters. The van der Waals surface area contributed by atoms with Crippen molar-refractivity contribution in [3.05, 3.63) is 59.7 Å². The van der Waals surface area contributed by atoms with Crippen LogP contribution in [0.2, 0.25) is 0 Å². The van der Waals surface area contributed by atoms with Crippen LogP contribution < -0.4 is 5.32 Å². The van der Waals surface area contributed by atoms with E-state index in [0.29, 0.717) is 0 Å². The van der Waals surface area contributed by atoms with Crippen molar-refractivity contribution in [1.82, 2.24) is 15.3 Å². The molecule has 0 spiro atoms. The van der Waals surface area contributed by atoms with Gasteiger partial charge >= 0.3 is 5.97 Å². The summed E-state index contributed by atoms with van der Waals surface area (Å²) in [6.07, 6.45) is 0.900. The SMILES string of the molecule is O=C(O)c1cc(C(=O)NC(O)(O)c2ccccc2)ncn1. The van der Waals surface area contributed by atoms with Crippen LogP contribution in [0.15, 0.2) is 42.7 Å². The van der Waals surface area contributed by atoms with Gasteiger partial charge in [-0.2, -0.15) is 0 Å². The molecule has 108 valence electrons. The van der Waals surface area contributed by atoms with Crippen molar-refractivity contribution in [3.63, 3.8) is 0 Å². The van der Waals surface area contributed by atoms with Gasteiger partial charge in [0.1, 0.15) is 12.0 Å². The number of nitrogens with zero attached hydrogens (tertiary/aromatic N) is 2. The minimum absolute atomic E-state index is 0.0471. The molecule has 0 saturated heterocycles. The molecule has 1 heterocycles. The molecular formula is C13H11N3O5. The Bertz CT molecular complexity index is 673. The summed E-state index contributed by atoms with van der Waals surface area (Å²) in [4.78, 5) is 29.7. The van der Waals surface area contributed by atoms with E-state index in [-0.39, 0.29) is 17.0 Å². The van der Waals surface area contributed by atoms with Crippen molar-refractivity contribution in [2.75, 3.05) is 0 Å². The number of carbonyl (C=O) groups excluding carboxylic acids is 1. The molecule has 8 heteroatoms. The summed E-state index contributed by atoms with van der Waals surface area (Å²) in [6, 6.07) is 8.54. The van der Waals surface area contributed by atoms with E-state index < -0.39 is 17.8 Å². The van der Waals surface area contributed by atoms with Gasteiger partial charge in [0.2, 0.25) is 0 Å². The number of hydrogen-bond acceptors (Lipinski definition) is 6. The maximum absolute atomic E-state index is 11.9. The highest BCUT2D eigenvalue weighted by atomic mass is 16.5. The van der Waals surface area contributed by atoms with E-state index in [1.807, 2.05) is 5.32 Å². The molecule has 0 aliphatic carbocycles. The molecule has 1 aromatic heterocycles. The van der Waals surface area contributed by atoms with Crippen LogP contribution in [-0.4, -0.2) is 37.2 Å². The predicted octanol–water partition coefficient (Wildman–Crippen LogP) is -0.300. The molecule has 0 aliphatic rings. The Kier molecular flexibility index (Phi) is 3.92. The molecule has 4 N–H and O–H groups in total. The number of nitrogens with one attached hydrogen (secondary N) is 1. The minimum Gasteiger partial charge on any atom is -0.477 e. The van der Waals surface area contributed by atoms with E-state index in [1.54, 1.807) is 18.2 Å². The zero-order chi connectivity index (χ0) is 15.5. The largest absolute Gasteiger partial charge is 0.477 e. The van der Waals surface area contributed by atoms with E-state index >= 15 is 0 Å². The van der Waals surface area contributed by atoms with Gasteiger partial charge in [-0.1, -0.05) is 30.3 Å². The van der Waals surface area contributed by atoms with E-state index in [9.17, 15) is 19.8 Å². The molecule has 0 atom stereocenters. The summed E-state index contributed by atoms with van der Waals surface area (Å²) in [7, 11) is 0. The van der Waals surface area contributed by atoms with Crippen molar-refractivity contribution < 1.29 is 24.9 Å². The Morgan fingerprint density at radius 2 is 1.67 bits per heavy atom. The van der Waals surface area contributed by atoms with Gasteiger partial charge in [0, 0.05) is 11.6 Å². The summed E-state index contributed by atoms with van der Waals surface area (Å²) >= 11 is 0. The quantitative estimate of drug-likeness (QED) is 0.568. The molecule has 1 aromatic carbocycles. The summed E-state index contributed by atoms with van der Waals surface area (Å²) < 4.78 is 0. The molecule has 8 nitrogen and oxygen atoms in total. The first-order valence-electron chi connectivity index (χ1n) is 5.78. The Morgan fingerprint density at radius 3 is 2.29 bits per heavy atom. The van der Waals surface area contributed by atoms with E-state index in [0.717, 1.165) is 12.4 Å². The van der Waals surface area contributed by atoms with Gasteiger partial charge in [0.15, 0.2) is 5.69 Å². The molecule has 0 radical (unpaired) electrons. The number of amides is 1. The standard InChI is InChI=1S/C13H11N3O5/c17-11(9-6-10(12(18)19)15-7-14-9)16-13(20,21)8-4-2-1-3-5-8/h1-7,20-21H,(H,16,17)(H,18,19). The van der Waals surface area contributed by atoms with Crippen LogP contribution in [0.4, 0.5) is 0 Å². The average molecular weight is 289 g/mol. The molecule has 21 heavy (non-hydrogen) atoms. The van der Waals surface area contributed by atoms with Crippen molar-refractivity contribution in [3.8, 4) is 0 Å². The van der Waals surface area contributed by atoms with Gasteiger partial charge < -0.3 is 15.3 Å². The summed E-state index contributed by atoms with van der Waals surface area (Å²) in [5, 5.41) is 30.4. The lowest BCUT2D eigenvalue weighted by molar-refractivity contribution is -0.185. The number of carboxylic acid groups (broad SMARTS) is 1. The van der Waals surface area contributed by atoms with Crippen LogP contribution in [0, 0.1) is 0 Å². The second-order valence-corrected chi connectivity index (χ2v) is 4.09. The summed E-state index contributed by atoms with van der Waals surface area (Å²) in [6.45, 7) is 0. The lowest BCUT2D eigenvalue weighted by Crippen LogP contribution is -2.46. The third kappa shape index (κ3) is 3.38. The lowest BCUT2D eigenvalue weighted by atomic mass is 10.1. The second kappa shape index (κ2) is 5.65. The first-order chi connectivity index (χ1) is 9.90. The monoisotopic (exact) mass is 289 g/mol. The predicted molar refractivity (Wildman–Crippen MR) is 69.0 cm³/mol. The molecule has 0 aliphatic heterocycles. The van der Waals surface area contributed by atoms with Crippen LogP contribution in [0.5, 0.6) is 0 Å². The number of benzene rings is 1. The maximum Gasteiger partial charge on any atom is 0.354 e. The third-order valence-electron chi connectivity index (χ3n) is 2.58. The third-order valence-corrected chi connectivity index (χ3v) is 2.58. The van der Waals surface area contributed by atoms with Crippen molar-refractivity contribution in [2.45, 2.75) is 5.91 Å². The fourth-order valence-electron chi connectivity index (χ4n) is 1.56. The molecule has 1 amide bonds. The molecule has 0 saturated carbocycles. The van der Waals surface area contributed by atoms with Gasteiger partial charge in [0.25, 0.3) is 11.8 Å². The van der Waals surface area contributed by atoms with Gasteiger partial charge in [0.05, 0.1) is 0 Å². The topological polar surface area (TPSA) is 133 Å². The van der Waals surface area contributed by atoms with Crippen LogP contribution in [0.3, 0.4) is 0 Å². The molecular weight excluding hydrogens is 278 g/mol. The molecule has 0 fully saturated rings. The summed E-state index contributed by atoms with van der Waals surface area (Å²) in [5.74, 6) is -4.88. The number of carbonyl (C=O) groups is 2. The van der Waals surface area contributed by atoms with E-state index in [4.69, 9.17) is 5.11 Å². The van der Waals surface area contributed by atoms with Crippen LogP contribution in [0.1, 0.15) is 26.5 Å². The number of aromatic nitrogens is 2. The van der Waals surface area contributed by atoms with Gasteiger partial charge in [-0.05, 0) is 0 Å². The Morgan fingerprint density at radius 1 is 1.05 bits per heavy atom. The molecule has 2 aromatic rings. The van der Waals surface area contributed by atoms with Crippen LogP contribution >= 0.6 is 0 Å². The zero-order valence-electron chi connectivity index (χ0n) is 10.6. The molecule has 0 bridgehead atoms. The van der Waals surface area contributed by atoms with Gasteiger partial charge in [-0.3, -0.25) is 10.1 Å². The number of carboxylic acids is 1. The number of aromatic carboxylic acids is 1. The summed E-state index contributed by atoms with van der Waals surface area (Å²) in [5.41, 5.74) is -0.631. The normalized spacial score (nSPS) is 11.0. The van der Waals surface area contributed by atoms with Crippen LogP contribution in [0.25, 0.3) is 0 Å². The van der Waals surface area contributed by atoms with Gasteiger partial charge in [-0.15, -0.1) is 0 Å². The highest BCUT2D eigenvalue weighted by molar-refractivity contribution is 5.95. The van der Waals surface area contributed by atoms with E-state index in [1.165, 1.54) is 12.1 Å². The number of hydrogen-bond donors (Lipinski definition) is 4. The Hall–Kier alpha value is -2.84. The number of aliphatic hydroxyl groups is 2. The fraction of sp³-hybridized carbons (Fsp3) is 0.0769. The Labute approximate surface area is 118 Å². The zero-order valence-corrected chi connectivity index (χ0v) is 10.6. The lowest BCUT2D eigenvalue weighted by Gasteiger charge is -2.22. The Balaban J connectivity index is 2.21. The van der Waals surface area contributed by atoms with Crippen molar-refractivity contribution in [2.24, 2.45) is 0 Å². The van der Waals surface area contributed by atoms with Gasteiger partial charge in [-0.25, -0.2) is 14.8 Å². The first kappa shape index (κ1) is 14.6. The minimum atomic E-state index is -2.60. The number of rotatable bonds is 4. The van der Waals surface area contributed by atoms with E-state index in [2.05, 4.69) is 9.97 Å². The smallest absolute Gasteiger partial charge is 0.354 e. The molecule has 2 rings (SSSR count). The maximum atomic E-state index is 11.9. The van der Waals surface area contributed by atoms with Crippen molar-refractivity contribution >= 4 is 11.9 Å². The second-order valence-electron chi connectivity index (χ2n) is 4.09. The van der Waals surface area contributed by atoms with Crippen molar-refractivity contribution in [1.29, 1.82) is 0 Å². The highest BCUT2D eigenvalue weighted by Gasteiger charge is 2.29. The average Bonchev–Trinajstić information content (AvgIpc) is 2.48. The fourth-order valence-corrected chi connectivity index (χ4v) is 1.56.